The van der Waals surface area contributed by atoms with Crippen molar-refractivity contribution < 1.29 is 14.6 Å². The highest BCUT2D eigenvalue weighted by molar-refractivity contribution is 5.69. The van der Waals surface area contributed by atoms with Crippen LogP contribution in [0.15, 0.2) is 36.8 Å². The van der Waals surface area contributed by atoms with Gasteiger partial charge < -0.3 is 19.3 Å². The number of hydrogen-bond acceptors (Lipinski definition) is 4. The Balaban J connectivity index is 1.39. The standard InChI is InChI=1S/C23H31N3O3/c1-5-25(22(28)29-23(2,3)4)11-10-15-12-18(21(15)27)20-17-9-7-6-8-16(17)19-13-24-14-26(19)20/h6-9,13-15,18,20-21,27H,5,10-12H2,1-4H3/t15-,18-,20-,21-/m1/s1. The summed E-state index contributed by atoms with van der Waals surface area (Å²) in [6.45, 7) is 8.81. The minimum atomic E-state index is -0.496. The van der Waals surface area contributed by atoms with Crippen LogP contribution in [0, 0.1) is 11.8 Å². The van der Waals surface area contributed by atoms with Crippen LogP contribution in [0.3, 0.4) is 0 Å². The van der Waals surface area contributed by atoms with Gasteiger partial charge in [0, 0.05) is 24.6 Å². The number of carbonyl (C=O) groups excluding carboxylic acids is 1. The Labute approximate surface area is 172 Å². The zero-order chi connectivity index (χ0) is 20.8. The quantitative estimate of drug-likeness (QED) is 0.825. The molecule has 29 heavy (non-hydrogen) atoms. The summed E-state index contributed by atoms with van der Waals surface area (Å²) < 4.78 is 7.69. The minimum absolute atomic E-state index is 0.142. The lowest BCUT2D eigenvalue weighted by Gasteiger charge is -2.45. The van der Waals surface area contributed by atoms with Gasteiger partial charge in [-0.25, -0.2) is 9.78 Å². The van der Waals surface area contributed by atoms with E-state index in [1.807, 2.05) is 40.2 Å². The summed E-state index contributed by atoms with van der Waals surface area (Å²) in [7, 11) is 0. The molecule has 0 bridgehead atoms. The normalized spacial score (nSPS) is 25.1. The molecule has 156 valence electrons. The van der Waals surface area contributed by atoms with Crippen molar-refractivity contribution in [2.75, 3.05) is 13.1 Å². The van der Waals surface area contributed by atoms with Gasteiger partial charge in [0.25, 0.3) is 0 Å². The Bertz CT molecular complexity index is 885. The predicted octanol–water partition coefficient (Wildman–Crippen LogP) is 4.10. The van der Waals surface area contributed by atoms with Gasteiger partial charge >= 0.3 is 6.09 Å². The monoisotopic (exact) mass is 397 g/mol. The highest BCUT2D eigenvalue weighted by Crippen LogP contribution is 2.51. The molecule has 6 heteroatoms. The Kier molecular flexibility index (Phi) is 5.15. The van der Waals surface area contributed by atoms with Gasteiger partial charge in [0.1, 0.15) is 5.60 Å². The second-order valence-corrected chi connectivity index (χ2v) is 9.22. The Morgan fingerprint density at radius 1 is 1.34 bits per heavy atom. The van der Waals surface area contributed by atoms with Crippen molar-refractivity contribution in [3.05, 3.63) is 42.4 Å². The predicted molar refractivity (Wildman–Crippen MR) is 112 cm³/mol. The maximum Gasteiger partial charge on any atom is 0.410 e. The fraction of sp³-hybridized carbons (Fsp3) is 0.565. The molecule has 1 saturated carbocycles. The third-order valence-electron chi connectivity index (χ3n) is 6.23. The number of aliphatic hydroxyl groups excluding tert-OH is 1. The first-order valence-corrected chi connectivity index (χ1v) is 10.6. The average molecular weight is 398 g/mol. The smallest absolute Gasteiger partial charge is 0.410 e. The summed E-state index contributed by atoms with van der Waals surface area (Å²) in [5.74, 6) is 0.379. The highest BCUT2D eigenvalue weighted by atomic mass is 16.6. The maximum atomic E-state index is 12.3. The van der Waals surface area contributed by atoms with Crippen LogP contribution in [0.2, 0.25) is 0 Å². The molecule has 1 aliphatic carbocycles. The largest absolute Gasteiger partial charge is 0.444 e. The van der Waals surface area contributed by atoms with E-state index in [9.17, 15) is 9.90 Å². The summed E-state index contributed by atoms with van der Waals surface area (Å²) in [4.78, 5) is 18.4. The lowest BCUT2D eigenvalue weighted by molar-refractivity contribution is -0.0642. The first kappa shape index (κ1) is 20.0. The molecule has 1 amide bonds. The molecule has 2 aliphatic rings. The molecule has 0 spiro atoms. The number of aliphatic hydroxyl groups is 1. The Morgan fingerprint density at radius 2 is 2.10 bits per heavy atom. The van der Waals surface area contributed by atoms with Crippen LogP contribution < -0.4 is 0 Å². The van der Waals surface area contributed by atoms with E-state index in [4.69, 9.17) is 4.74 Å². The van der Waals surface area contributed by atoms with Crippen molar-refractivity contribution in [2.45, 2.75) is 58.3 Å². The van der Waals surface area contributed by atoms with Gasteiger partial charge in [-0.3, -0.25) is 0 Å². The van der Waals surface area contributed by atoms with Crippen LogP contribution in [-0.4, -0.2) is 50.4 Å². The van der Waals surface area contributed by atoms with E-state index < -0.39 is 5.60 Å². The fourth-order valence-electron chi connectivity index (χ4n) is 4.72. The zero-order valence-electron chi connectivity index (χ0n) is 17.7. The van der Waals surface area contributed by atoms with Crippen LogP contribution in [0.1, 0.15) is 52.1 Å². The number of aromatic nitrogens is 2. The number of fused-ring (bicyclic) bond motifs is 3. The summed E-state index contributed by atoms with van der Waals surface area (Å²) in [5, 5.41) is 11.0. The molecular formula is C23H31N3O3. The second-order valence-electron chi connectivity index (χ2n) is 9.22. The van der Waals surface area contributed by atoms with Crippen molar-refractivity contribution >= 4 is 6.09 Å². The number of hydrogen-bond donors (Lipinski definition) is 1. The first-order valence-electron chi connectivity index (χ1n) is 10.6. The molecule has 1 aliphatic heterocycles. The van der Waals surface area contributed by atoms with Gasteiger partial charge in [-0.15, -0.1) is 0 Å². The molecule has 1 N–H and O–H groups in total. The van der Waals surface area contributed by atoms with Crippen molar-refractivity contribution in [1.29, 1.82) is 0 Å². The molecule has 1 aromatic carbocycles. The molecular weight excluding hydrogens is 366 g/mol. The molecule has 0 radical (unpaired) electrons. The van der Waals surface area contributed by atoms with E-state index in [-0.39, 0.29) is 30.1 Å². The van der Waals surface area contributed by atoms with Crippen LogP contribution in [-0.2, 0) is 4.74 Å². The lowest BCUT2D eigenvalue weighted by atomic mass is 9.66. The van der Waals surface area contributed by atoms with E-state index in [1.54, 1.807) is 4.90 Å². The summed E-state index contributed by atoms with van der Waals surface area (Å²) in [5.41, 5.74) is 3.12. The first-order chi connectivity index (χ1) is 13.8. The topological polar surface area (TPSA) is 67.6 Å². The van der Waals surface area contributed by atoms with Gasteiger partial charge in [-0.05, 0) is 52.0 Å². The SMILES string of the molecule is CCN(CC[C@@H]1C[C@H]([C@H]2c3ccccc3-c3cncn32)[C@@H]1O)C(=O)OC(C)(C)C. The lowest BCUT2D eigenvalue weighted by Crippen LogP contribution is -2.48. The van der Waals surface area contributed by atoms with Gasteiger partial charge in [0.2, 0.25) is 0 Å². The summed E-state index contributed by atoms with van der Waals surface area (Å²) in [6.07, 6.45) is 4.86. The van der Waals surface area contributed by atoms with E-state index >= 15 is 0 Å². The molecule has 2 heterocycles. The third-order valence-corrected chi connectivity index (χ3v) is 6.23. The number of nitrogens with zero attached hydrogens (tertiary/aromatic N) is 3. The van der Waals surface area contributed by atoms with E-state index in [1.165, 1.54) is 11.1 Å². The Hall–Kier alpha value is -2.34. The van der Waals surface area contributed by atoms with E-state index in [0.717, 1.165) is 18.5 Å². The minimum Gasteiger partial charge on any atom is -0.444 e. The van der Waals surface area contributed by atoms with Crippen LogP contribution in [0.25, 0.3) is 11.3 Å². The number of benzene rings is 1. The number of rotatable bonds is 5. The van der Waals surface area contributed by atoms with Crippen LogP contribution >= 0.6 is 0 Å². The number of amides is 1. The van der Waals surface area contributed by atoms with Crippen molar-refractivity contribution in [3.63, 3.8) is 0 Å². The van der Waals surface area contributed by atoms with Gasteiger partial charge in [-0.1, -0.05) is 24.3 Å². The van der Waals surface area contributed by atoms with Crippen molar-refractivity contribution in [3.8, 4) is 11.3 Å². The molecule has 0 saturated heterocycles. The number of imidazole rings is 1. The van der Waals surface area contributed by atoms with Gasteiger partial charge in [0.15, 0.2) is 0 Å². The highest BCUT2D eigenvalue weighted by Gasteiger charge is 2.47. The molecule has 4 atom stereocenters. The van der Waals surface area contributed by atoms with E-state index in [0.29, 0.717) is 13.1 Å². The molecule has 0 unspecified atom stereocenters. The van der Waals surface area contributed by atoms with E-state index in [2.05, 4.69) is 33.8 Å². The fourth-order valence-corrected chi connectivity index (χ4v) is 4.72. The second kappa shape index (κ2) is 7.48. The van der Waals surface area contributed by atoms with Crippen molar-refractivity contribution in [2.24, 2.45) is 11.8 Å². The third kappa shape index (κ3) is 3.66. The molecule has 4 rings (SSSR count). The van der Waals surface area contributed by atoms with Gasteiger partial charge in [0.05, 0.1) is 30.4 Å². The van der Waals surface area contributed by atoms with Crippen molar-refractivity contribution in [1.82, 2.24) is 14.5 Å². The zero-order valence-corrected chi connectivity index (χ0v) is 17.7. The molecule has 2 aromatic rings. The maximum absolute atomic E-state index is 12.3. The number of ether oxygens (including phenoxy) is 1. The summed E-state index contributed by atoms with van der Waals surface area (Å²) >= 11 is 0. The van der Waals surface area contributed by atoms with Crippen LogP contribution in [0.4, 0.5) is 4.79 Å². The average Bonchev–Trinajstić information content (AvgIpc) is 3.24. The van der Waals surface area contributed by atoms with Gasteiger partial charge in [-0.2, -0.15) is 0 Å². The molecule has 6 nitrogen and oxygen atoms in total. The molecule has 1 fully saturated rings. The summed E-state index contributed by atoms with van der Waals surface area (Å²) in [6, 6.07) is 8.55. The van der Waals surface area contributed by atoms with Crippen LogP contribution in [0.5, 0.6) is 0 Å². The Morgan fingerprint density at radius 3 is 2.79 bits per heavy atom. The number of carbonyl (C=O) groups is 1. The molecule has 1 aromatic heterocycles.